The van der Waals surface area contributed by atoms with Gasteiger partial charge in [-0.3, -0.25) is 0 Å². The highest BCUT2D eigenvalue weighted by Crippen LogP contribution is 2.36. The lowest BCUT2D eigenvalue weighted by Gasteiger charge is -2.14. The first kappa shape index (κ1) is 13.2. The third kappa shape index (κ3) is 2.84. The van der Waals surface area contributed by atoms with Crippen LogP contribution >= 0.6 is 12.6 Å². The van der Waals surface area contributed by atoms with Crippen LogP contribution in [0.3, 0.4) is 0 Å². The Morgan fingerprint density at radius 2 is 1.50 bits per heavy atom. The fourth-order valence-electron chi connectivity index (χ4n) is 1.18. The summed E-state index contributed by atoms with van der Waals surface area (Å²) < 4.78 is 73.7. The van der Waals surface area contributed by atoms with Gasteiger partial charge in [0.1, 0.15) is 0 Å². The van der Waals surface area contributed by atoms with Gasteiger partial charge in [0, 0.05) is 5.75 Å². The van der Waals surface area contributed by atoms with E-state index in [4.69, 9.17) is 0 Å². The van der Waals surface area contributed by atoms with Gasteiger partial charge in [0.25, 0.3) is 0 Å². The Balaban J connectivity index is 3.28. The van der Waals surface area contributed by atoms with Gasteiger partial charge in [-0.05, 0) is 23.8 Å². The molecule has 0 saturated carbocycles. The third-order valence-corrected chi connectivity index (χ3v) is 2.25. The molecule has 0 atom stereocenters. The second kappa shape index (κ2) is 4.20. The Hall–Kier alpha value is -0.850. The lowest BCUT2D eigenvalue weighted by molar-refractivity contribution is -0.141. The van der Waals surface area contributed by atoms with Crippen LogP contribution in [0.4, 0.5) is 26.3 Å². The van der Waals surface area contributed by atoms with Crippen molar-refractivity contribution >= 4 is 12.6 Å². The van der Waals surface area contributed by atoms with E-state index >= 15 is 0 Å². The Labute approximate surface area is 92.7 Å². The molecule has 0 fully saturated rings. The van der Waals surface area contributed by atoms with E-state index in [2.05, 4.69) is 12.6 Å². The maximum absolute atomic E-state index is 12.3. The van der Waals surface area contributed by atoms with E-state index in [-0.39, 0.29) is 0 Å². The molecule has 0 bridgehead atoms. The van der Waals surface area contributed by atoms with Crippen molar-refractivity contribution in [3.63, 3.8) is 0 Å². The van der Waals surface area contributed by atoms with Gasteiger partial charge in [-0.15, -0.1) is 0 Å². The SMILES string of the molecule is FC(F)(F)c1ccc(C(F)(F)F)c(CS)c1. The zero-order valence-electron chi connectivity index (χ0n) is 7.65. The molecular weight excluding hydrogens is 254 g/mol. The van der Waals surface area contributed by atoms with Crippen LogP contribution in [0, 0.1) is 0 Å². The number of thiol groups is 1. The van der Waals surface area contributed by atoms with Gasteiger partial charge in [0.15, 0.2) is 0 Å². The zero-order valence-corrected chi connectivity index (χ0v) is 8.55. The van der Waals surface area contributed by atoms with E-state index in [1.54, 1.807) is 0 Å². The van der Waals surface area contributed by atoms with Crippen molar-refractivity contribution in [3.05, 3.63) is 34.9 Å². The molecule has 0 radical (unpaired) electrons. The minimum Gasteiger partial charge on any atom is -0.175 e. The highest BCUT2D eigenvalue weighted by Gasteiger charge is 2.36. The standard InChI is InChI=1S/C9H6F6S/c10-8(11,12)6-1-2-7(9(13,14)15)5(3-6)4-16/h1-3,16H,4H2. The molecule has 0 N–H and O–H groups in total. The topological polar surface area (TPSA) is 0 Å². The second-order valence-electron chi connectivity index (χ2n) is 3.03. The molecule has 0 aliphatic heterocycles. The van der Waals surface area contributed by atoms with E-state index in [1.807, 2.05) is 0 Å². The quantitative estimate of drug-likeness (QED) is 0.569. The highest BCUT2D eigenvalue weighted by molar-refractivity contribution is 7.79. The minimum atomic E-state index is -4.66. The Morgan fingerprint density at radius 3 is 1.88 bits per heavy atom. The summed E-state index contributed by atoms with van der Waals surface area (Å²) >= 11 is 3.59. The first-order valence-corrected chi connectivity index (χ1v) is 4.67. The van der Waals surface area contributed by atoms with Gasteiger partial charge in [-0.1, -0.05) is 0 Å². The van der Waals surface area contributed by atoms with Gasteiger partial charge in [0.2, 0.25) is 0 Å². The number of hydrogen-bond donors (Lipinski definition) is 1. The van der Waals surface area contributed by atoms with Gasteiger partial charge in [0.05, 0.1) is 11.1 Å². The van der Waals surface area contributed by atoms with E-state index in [0.29, 0.717) is 18.2 Å². The summed E-state index contributed by atoms with van der Waals surface area (Å²) in [7, 11) is 0. The summed E-state index contributed by atoms with van der Waals surface area (Å²) in [5.41, 5.74) is -2.68. The summed E-state index contributed by atoms with van der Waals surface area (Å²) in [4.78, 5) is 0. The summed E-state index contributed by atoms with van der Waals surface area (Å²) in [6, 6.07) is 1.31. The van der Waals surface area contributed by atoms with Crippen LogP contribution in [0.2, 0.25) is 0 Å². The molecule has 0 heterocycles. The molecule has 1 rings (SSSR count). The van der Waals surface area contributed by atoms with Gasteiger partial charge in [-0.25, -0.2) is 0 Å². The van der Waals surface area contributed by atoms with Crippen molar-refractivity contribution in [2.75, 3.05) is 0 Å². The Morgan fingerprint density at radius 1 is 0.938 bits per heavy atom. The van der Waals surface area contributed by atoms with Crippen LogP contribution in [0.15, 0.2) is 18.2 Å². The van der Waals surface area contributed by atoms with Crippen molar-refractivity contribution in [2.24, 2.45) is 0 Å². The van der Waals surface area contributed by atoms with Crippen LogP contribution < -0.4 is 0 Å². The molecule has 0 unspecified atom stereocenters. The molecule has 90 valence electrons. The van der Waals surface area contributed by atoms with Crippen molar-refractivity contribution in [2.45, 2.75) is 18.1 Å². The fourth-order valence-corrected chi connectivity index (χ4v) is 1.44. The molecule has 0 aliphatic rings. The van der Waals surface area contributed by atoms with E-state index < -0.39 is 34.8 Å². The fraction of sp³-hybridized carbons (Fsp3) is 0.333. The normalized spacial score (nSPS) is 12.9. The maximum Gasteiger partial charge on any atom is 0.416 e. The smallest absolute Gasteiger partial charge is 0.175 e. The molecule has 0 spiro atoms. The summed E-state index contributed by atoms with van der Waals surface area (Å²) in [6.45, 7) is 0. The molecule has 0 saturated heterocycles. The van der Waals surface area contributed by atoms with Crippen LogP contribution in [-0.4, -0.2) is 0 Å². The molecule has 0 nitrogen and oxygen atoms in total. The average Bonchev–Trinajstić information content (AvgIpc) is 2.14. The Bertz CT molecular complexity index is 379. The molecular formula is C9H6F6S. The first-order valence-electron chi connectivity index (χ1n) is 4.04. The molecule has 0 amide bonds. The molecule has 0 aromatic heterocycles. The lowest BCUT2D eigenvalue weighted by atomic mass is 10.0. The monoisotopic (exact) mass is 260 g/mol. The average molecular weight is 260 g/mol. The zero-order chi connectivity index (χ0) is 12.6. The minimum absolute atomic E-state index is 0.404. The molecule has 7 heteroatoms. The Kier molecular flexibility index (Phi) is 3.47. The number of benzene rings is 1. The second-order valence-corrected chi connectivity index (χ2v) is 3.34. The van der Waals surface area contributed by atoms with Gasteiger partial charge in [-0.2, -0.15) is 39.0 Å². The summed E-state index contributed by atoms with van der Waals surface area (Å²) in [5.74, 6) is -0.404. The molecule has 0 aliphatic carbocycles. The van der Waals surface area contributed by atoms with Crippen molar-refractivity contribution < 1.29 is 26.3 Å². The first-order chi connectivity index (χ1) is 7.16. The predicted molar refractivity (Wildman–Crippen MR) is 49.1 cm³/mol. The van der Waals surface area contributed by atoms with E-state index in [1.165, 1.54) is 0 Å². The largest absolute Gasteiger partial charge is 0.416 e. The van der Waals surface area contributed by atoms with Crippen molar-refractivity contribution in [1.29, 1.82) is 0 Å². The van der Waals surface area contributed by atoms with Gasteiger partial charge < -0.3 is 0 Å². The molecule has 1 aromatic carbocycles. The van der Waals surface area contributed by atoms with Gasteiger partial charge >= 0.3 is 12.4 Å². The molecule has 1 aromatic rings. The number of alkyl halides is 6. The predicted octanol–water partition coefficient (Wildman–Crippen LogP) is 4.15. The van der Waals surface area contributed by atoms with Crippen LogP contribution in [0.25, 0.3) is 0 Å². The highest BCUT2D eigenvalue weighted by atomic mass is 32.1. The van der Waals surface area contributed by atoms with E-state index in [0.717, 1.165) is 0 Å². The van der Waals surface area contributed by atoms with Crippen LogP contribution in [0.1, 0.15) is 16.7 Å². The number of hydrogen-bond acceptors (Lipinski definition) is 1. The summed E-state index contributed by atoms with van der Waals surface area (Å²) in [5, 5.41) is 0. The number of rotatable bonds is 1. The number of halogens is 6. The van der Waals surface area contributed by atoms with Crippen molar-refractivity contribution in [3.8, 4) is 0 Å². The van der Waals surface area contributed by atoms with E-state index in [9.17, 15) is 26.3 Å². The third-order valence-electron chi connectivity index (χ3n) is 1.91. The van der Waals surface area contributed by atoms with Crippen molar-refractivity contribution in [1.82, 2.24) is 0 Å². The van der Waals surface area contributed by atoms with Crippen LogP contribution in [0.5, 0.6) is 0 Å². The lowest BCUT2D eigenvalue weighted by Crippen LogP contribution is -2.12. The summed E-state index contributed by atoms with van der Waals surface area (Å²) in [6.07, 6.45) is -9.32. The van der Waals surface area contributed by atoms with Crippen LogP contribution in [-0.2, 0) is 18.1 Å². The maximum atomic E-state index is 12.3. The molecule has 16 heavy (non-hydrogen) atoms.